The molecular formula is C9H8S. The van der Waals surface area contributed by atoms with Crippen molar-refractivity contribution in [3.05, 3.63) is 48.6 Å². The Morgan fingerprint density at radius 3 is 2.40 bits per heavy atom. The molecule has 1 aromatic carbocycles. The molecule has 50 valence electrons. The van der Waals surface area contributed by atoms with Crippen molar-refractivity contribution in [2.45, 2.75) is 0 Å². The van der Waals surface area contributed by atoms with Gasteiger partial charge in [-0.3, -0.25) is 0 Å². The van der Waals surface area contributed by atoms with E-state index in [1.165, 1.54) is 0 Å². The van der Waals surface area contributed by atoms with E-state index >= 15 is 0 Å². The highest BCUT2D eigenvalue weighted by atomic mass is 32.1. The Bertz CT molecular complexity index is 236. The van der Waals surface area contributed by atoms with Crippen LogP contribution in [0, 0.1) is 0 Å². The van der Waals surface area contributed by atoms with Gasteiger partial charge >= 0.3 is 0 Å². The topological polar surface area (TPSA) is 0 Å². The summed E-state index contributed by atoms with van der Waals surface area (Å²) in [6.07, 6.45) is 1.69. The Kier molecular flexibility index (Phi) is 2.35. The first-order valence-electron chi connectivity index (χ1n) is 3.06. The third-order valence-corrected chi connectivity index (χ3v) is 1.65. The minimum atomic E-state index is 0.806. The van der Waals surface area contributed by atoms with Gasteiger partial charge in [0.05, 0.1) is 0 Å². The van der Waals surface area contributed by atoms with Crippen LogP contribution in [0.2, 0.25) is 0 Å². The molecule has 0 amide bonds. The monoisotopic (exact) mass is 148 g/mol. The van der Waals surface area contributed by atoms with Crippen LogP contribution in [0.1, 0.15) is 5.56 Å². The maximum Gasteiger partial charge on any atom is 0.0443 e. The van der Waals surface area contributed by atoms with E-state index in [9.17, 15) is 0 Å². The average Bonchev–Trinajstić information content (AvgIpc) is 2.05. The molecule has 0 fully saturated rings. The lowest BCUT2D eigenvalue weighted by molar-refractivity contribution is 1.68. The van der Waals surface area contributed by atoms with E-state index in [-0.39, 0.29) is 0 Å². The highest BCUT2D eigenvalue weighted by Gasteiger charge is 1.91. The van der Waals surface area contributed by atoms with Crippen molar-refractivity contribution in [2.24, 2.45) is 0 Å². The van der Waals surface area contributed by atoms with Gasteiger partial charge in [0.2, 0.25) is 0 Å². The van der Waals surface area contributed by atoms with Crippen molar-refractivity contribution in [1.82, 2.24) is 0 Å². The van der Waals surface area contributed by atoms with Crippen LogP contribution in [0.4, 0.5) is 0 Å². The fourth-order valence-electron chi connectivity index (χ4n) is 0.720. The summed E-state index contributed by atoms with van der Waals surface area (Å²) < 4.78 is 0. The fraction of sp³-hybridized carbons (Fsp3) is 0. The summed E-state index contributed by atoms with van der Waals surface area (Å²) in [6, 6.07) is 9.85. The molecule has 0 heterocycles. The fourth-order valence-corrected chi connectivity index (χ4v) is 0.856. The number of allylic oxidation sites excluding steroid dienone is 1. The third-order valence-electron chi connectivity index (χ3n) is 1.24. The lowest BCUT2D eigenvalue weighted by Gasteiger charge is -1.94. The molecule has 0 unspecified atom stereocenters. The van der Waals surface area contributed by atoms with E-state index in [0.29, 0.717) is 0 Å². The summed E-state index contributed by atoms with van der Waals surface area (Å²) in [6.45, 7) is 3.60. The van der Waals surface area contributed by atoms with Gasteiger partial charge in [-0.1, -0.05) is 55.2 Å². The van der Waals surface area contributed by atoms with Crippen LogP contribution in [0.5, 0.6) is 0 Å². The molecule has 0 aromatic heterocycles. The van der Waals surface area contributed by atoms with Gasteiger partial charge in [-0.25, -0.2) is 0 Å². The molecule has 0 saturated carbocycles. The maximum atomic E-state index is 5.00. The maximum absolute atomic E-state index is 5.00. The van der Waals surface area contributed by atoms with E-state index in [1.807, 2.05) is 30.3 Å². The van der Waals surface area contributed by atoms with Crippen LogP contribution >= 0.6 is 12.2 Å². The predicted molar refractivity (Wildman–Crippen MR) is 48.3 cm³/mol. The second-order valence-corrected chi connectivity index (χ2v) is 2.37. The van der Waals surface area contributed by atoms with Crippen LogP contribution in [-0.2, 0) is 0 Å². The molecule has 0 N–H and O–H groups in total. The molecule has 0 spiro atoms. The molecule has 0 aliphatic heterocycles. The van der Waals surface area contributed by atoms with Crippen LogP contribution in [0.15, 0.2) is 43.0 Å². The van der Waals surface area contributed by atoms with Crippen LogP contribution in [0.25, 0.3) is 0 Å². The van der Waals surface area contributed by atoms with Gasteiger partial charge in [-0.15, -0.1) is 0 Å². The number of rotatable bonds is 2. The largest absolute Gasteiger partial charge is 0.0976 e. The highest BCUT2D eigenvalue weighted by Crippen LogP contribution is 2.00. The Labute approximate surface area is 66.2 Å². The quantitative estimate of drug-likeness (QED) is 0.353. The Hall–Kier alpha value is -0.950. The second kappa shape index (κ2) is 3.28. The normalized spacial score (nSPS) is 8.80. The molecule has 1 heteroatoms. The Balaban J connectivity index is 2.95. The van der Waals surface area contributed by atoms with E-state index in [0.717, 1.165) is 10.4 Å². The first kappa shape index (κ1) is 7.16. The lowest BCUT2D eigenvalue weighted by Crippen LogP contribution is -1.89. The number of hydrogen-bond acceptors (Lipinski definition) is 1. The molecule has 0 saturated heterocycles. The summed E-state index contributed by atoms with van der Waals surface area (Å²) in [5.41, 5.74) is 1.06. The standard InChI is InChI=1S/C9H8S/c1-2-9(10)8-6-4-3-5-7-8/h2-7H,1H2. The molecule has 10 heavy (non-hydrogen) atoms. The molecular weight excluding hydrogens is 140 g/mol. The van der Waals surface area contributed by atoms with Gasteiger partial charge in [-0.2, -0.15) is 0 Å². The molecule has 0 aliphatic carbocycles. The van der Waals surface area contributed by atoms with Gasteiger partial charge < -0.3 is 0 Å². The van der Waals surface area contributed by atoms with Crippen LogP contribution in [-0.4, -0.2) is 4.86 Å². The van der Waals surface area contributed by atoms with Gasteiger partial charge in [0.25, 0.3) is 0 Å². The number of benzene rings is 1. The van der Waals surface area contributed by atoms with Crippen LogP contribution in [0.3, 0.4) is 0 Å². The van der Waals surface area contributed by atoms with Crippen molar-refractivity contribution in [1.29, 1.82) is 0 Å². The summed E-state index contributed by atoms with van der Waals surface area (Å²) in [5, 5.41) is 0. The minimum absolute atomic E-state index is 0.806. The number of hydrogen-bond donors (Lipinski definition) is 0. The first-order chi connectivity index (χ1) is 4.84. The summed E-state index contributed by atoms with van der Waals surface area (Å²) in [5.74, 6) is 0. The highest BCUT2D eigenvalue weighted by molar-refractivity contribution is 7.81. The van der Waals surface area contributed by atoms with Crippen molar-refractivity contribution in [2.75, 3.05) is 0 Å². The summed E-state index contributed by atoms with van der Waals surface area (Å²) in [4.78, 5) is 0.806. The van der Waals surface area contributed by atoms with Gasteiger partial charge in [0.1, 0.15) is 0 Å². The molecule has 1 aromatic rings. The molecule has 0 bridgehead atoms. The van der Waals surface area contributed by atoms with E-state index < -0.39 is 0 Å². The van der Waals surface area contributed by atoms with Gasteiger partial charge in [-0.05, 0) is 5.56 Å². The van der Waals surface area contributed by atoms with Crippen molar-refractivity contribution in [3.63, 3.8) is 0 Å². The second-order valence-electron chi connectivity index (χ2n) is 1.93. The predicted octanol–water partition coefficient (Wildman–Crippen LogP) is 2.59. The Morgan fingerprint density at radius 1 is 1.30 bits per heavy atom. The van der Waals surface area contributed by atoms with Crippen molar-refractivity contribution < 1.29 is 0 Å². The minimum Gasteiger partial charge on any atom is -0.0976 e. The van der Waals surface area contributed by atoms with E-state index in [2.05, 4.69) is 6.58 Å². The Morgan fingerprint density at radius 2 is 1.90 bits per heavy atom. The zero-order valence-electron chi connectivity index (χ0n) is 5.58. The van der Waals surface area contributed by atoms with Crippen molar-refractivity contribution in [3.8, 4) is 0 Å². The van der Waals surface area contributed by atoms with Crippen molar-refractivity contribution >= 4 is 17.1 Å². The zero-order valence-corrected chi connectivity index (χ0v) is 6.40. The zero-order chi connectivity index (χ0) is 7.40. The lowest BCUT2D eigenvalue weighted by atomic mass is 10.1. The molecule has 0 nitrogen and oxygen atoms in total. The smallest absolute Gasteiger partial charge is 0.0443 e. The van der Waals surface area contributed by atoms with E-state index in [1.54, 1.807) is 6.08 Å². The molecule has 1 rings (SSSR count). The molecule has 0 aliphatic rings. The van der Waals surface area contributed by atoms with E-state index in [4.69, 9.17) is 12.2 Å². The molecule has 0 radical (unpaired) electrons. The SMILES string of the molecule is C=CC(=S)c1ccccc1. The van der Waals surface area contributed by atoms with Gasteiger partial charge in [0.15, 0.2) is 0 Å². The third kappa shape index (κ3) is 1.52. The van der Waals surface area contributed by atoms with Crippen LogP contribution < -0.4 is 0 Å². The van der Waals surface area contributed by atoms with Gasteiger partial charge in [0, 0.05) is 4.86 Å². The summed E-state index contributed by atoms with van der Waals surface area (Å²) in [7, 11) is 0. The average molecular weight is 148 g/mol. The molecule has 0 atom stereocenters. The first-order valence-corrected chi connectivity index (χ1v) is 3.47. The summed E-state index contributed by atoms with van der Waals surface area (Å²) >= 11 is 5.00. The number of thiocarbonyl (C=S) groups is 1.